The molecule has 0 saturated heterocycles. The van der Waals surface area contributed by atoms with Crippen molar-refractivity contribution in [3.05, 3.63) is 29.8 Å². The van der Waals surface area contributed by atoms with Crippen molar-refractivity contribution >= 4 is 34.7 Å². The molecule has 36 heavy (non-hydrogen) atoms. The molecule has 1 aliphatic carbocycles. The van der Waals surface area contributed by atoms with Crippen molar-refractivity contribution in [2.24, 2.45) is 5.92 Å². The molecule has 0 aliphatic heterocycles. The Hall–Kier alpha value is -2.59. The average Bonchev–Trinajstić information content (AvgIpc) is 3.27. The smallest absolute Gasteiger partial charge is 0.328 e. The lowest BCUT2D eigenvalue weighted by molar-refractivity contribution is -0.148. The largest absolute Gasteiger partial charge is 0.508 e. The summed E-state index contributed by atoms with van der Waals surface area (Å²) in [5.74, 6) is -1.37. The lowest BCUT2D eigenvalue weighted by Gasteiger charge is -2.33. The van der Waals surface area contributed by atoms with Crippen LogP contribution in [0.3, 0.4) is 0 Å². The number of nitrogens with zero attached hydrogens (tertiary/aromatic N) is 1. The highest BCUT2D eigenvalue weighted by atomic mass is 32.2. The number of benzene rings is 1. The monoisotopic (exact) mass is 521 g/mol. The number of esters is 1. The minimum atomic E-state index is -1.16. The molecule has 0 bridgehead atoms. The second kappa shape index (κ2) is 13.6. The molecule has 1 aliphatic rings. The Morgan fingerprint density at radius 3 is 2.25 bits per heavy atom. The van der Waals surface area contributed by atoms with Crippen LogP contribution < -0.4 is 10.6 Å². The van der Waals surface area contributed by atoms with Crippen LogP contribution in [-0.2, 0) is 30.3 Å². The first-order valence-electron chi connectivity index (χ1n) is 12.4. The molecule has 1 saturated carbocycles. The molecule has 0 spiro atoms. The Morgan fingerprint density at radius 2 is 1.72 bits per heavy atom. The van der Waals surface area contributed by atoms with Crippen LogP contribution in [-0.4, -0.2) is 77.0 Å². The number of hydrogen-bond donors (Lipinski definition) is 3. The Labute approximate surface area is 217 Å². The van der Waals surface area contributed by atoms with Gasteiger partial charge in [-0.1, -0.05) is 50.6 Å². The minimum absolute atomic E-state index is 0.102. The molecule has 3 N–H and O–H groups in total. The number of hydrogen-bond acceptors (Lipinski definition) is 8. The number of carbonyl (C=O) groups excluding carboxylic acids is 4. The maximum Gasteiger partial charge on any atom is 0.328 e. The Morgan fingerprint density at radius 1 is 1.11 bits per heavy atom. The van der Waals surface area contributed by atoms with E-state index in [0.29, 0.717) is 12.8 Å². The molecule has 2 rings (SSSR count). The summed E-state index contributed by atoms with van der Waals surface area (Å²) in [5, 5.41) is 14.6. The summed E-state index contributed by atoms with van der Waals surface area (Å²) in [5.41, 5.74) is -0.416. The minimum Gasteiger partial charge on any atom is -0.508 e. The normalized spacial score (nSPS) is 16.4. The van der Waals surface area contributed by atoms with Crippen LogP contribution in [0.5, 0.6) is 5.75 Å². The molecule has 1 aromatic rings. The first kappa shape index (κ1) is 29.6. The number of carbonyl (C=O) groups is 4. The molecule has 0 aromatic heterocycles. The van der Waals surface area contributed by atoms with E-state index in [4.69, 9.17) is 4.74 Å². The molecule has 2 amide bonds. The van der Waals surface area contributed by atoms with Gasteiger partial charge in [0.2, 0.25) is 16.9 Å². The van der Waals surface area contributed by atoms with E-state index in [0.717, 1.165) is 30.2 Å². The van der Waals surface area contributed by atoms with Crippen LogP contribution in [0.15, 0.2) is 24.3 Å². The third kappa shape index (κ3) is 8.51. The molecule has 9 nitrogen and oxygen atoms in total. The Balaban J connectivity index is 2.20. The lowest BCUT2D eigenvalue weighted by Crippen LogP contribution is -2.61. The van der Waals surface area contributed by atoms with E-state index < -0.39 is 28.7 Å². The fourth-order valence-electron chi connectivity index (χ4n) is 4.22. The van der Waals surface area contributed by atoms with Gasteiger partial charge < -0.3 is 25.4 Å². The number of ether oxygens (including phenoxy) is 1. The van der Waals surface area contributed by atoms with E-state index in [1.54, 1.807) is 38.1 Å². The SMILES string of the molecule is CCOC(=O)[C@H](Cc1ccc(O)cc1)NC(=O)C1(NC(=O)[C@H](SC(=O)CN(C)C)C(C)C)CCCC1. The van der Waals surface area contributed by atoms with Gasteiger partial charge >= 0.3 is 5.97 Å². The summed E-state index contributed by atoms with van der Waals surface area (Å²) in [6.07, 6.45) is 2.59. The highest BCUT2D eigenvalue weighted by Gasteiger charge is 2.45. The van der Waals surface area contributed by atoms with Gasteiger partial charge in [0.1, 0.15) is 17.3 Å². The van der Waals surface area contributed by atoms with Gasteiger partial charge in [-0.15, -0.1) is 0 Å². The number of thioether (sulfide) groups is 1. The molecule has 0 heterocycles. The molecular formula is C26H39N3O6S. The zero-order chi connectivity index (χ0) is 26.9. The summed E-state index contributed by atoms with van der Waals surface area (Å²) >= 11 is 0.992. The van der Waals surface area contributed by atoms with Crippen molar-refractivity contribution in [3.8, 4) is 5.75 Å². The van der Waals surface area contributed by atoms with Crippen LogP contribution in [0.2, 0.25) is 0 Å². The Kier molecular flexibility index (Phi) is 11.2. The first-order chi connectivity index (χ1) is 17.0. The van der Waals surface area contributed by atoms with Crippen molar-refractivity contribution in [1.29, 1.82) is 0 Å². The van der Waals surface area contributed by atoms with E-state index in [-0.39, 0.29) is 42.3 Å². The van der Waals surface area contributed by atoms with E-state index in [1.165, 1.54) is 12.1 Å². The van der Waals surface area contributed by atoms with Gasteiger partial charge in [-0.2, -0.15) is 0 Å². The number of phenolic OH excluding ortho intramolecular Hbond substituents is 1. The van der Waals surface area contributed by atoms with Crippen LogP contribution in [0, 0.1) is 5.92 Å². The molecular weight excluding hydrogens is 482 g/mol. The molecule has 1 fully saturated rings. The van der Waals surface area contributed by atoms with Gasteiger partial charge in [0.15, 0.2) is 0 Å². The number of phenols is 1. The first-order valence-corrected chi connectivity index (χ1v) is 13.3. The van der Waals surface area contributed by atoms with E-state index in [1.807, 2.05) is 13.8 Å². The predicted octanol–water partition coefficient (Wildman–Crippen LogP) is 2.26. The number of aromatic hydroxyl groups is 1. The zero-order valence-corrected chi connectivity index (χ0v) is 22.7. The number of amides is 2. The van der Waals surface area contributed by atoms with Crippen molar-refractivity contribution < 1.29 is 29.0 Å². The number of likely N-dealkylation sites (N-methyl/N-ethyl adjacent to an activating group) is 1. The summed E-state index contributed by atoms with van der Waals surface area (Å²) in [4.78, 5) is 53.7. The van der Waals surface area contributed by atoms with E-state index >= 15 is 0 Å². The topological polar surface area (TPSA) is 125 Å². The van der Waals surface area contributed by atoms with E-state index in [2.05, 4.69) is 10.6 Å². The van der Waals surface area contributed by atoms with Crippen molar-refractivity contribution in [2.75, 3.05) is 27.2 Å². The van der Waals surface area contributed by atoms with E-state index in [9.17, 15) is 24.3 Å². The van der Waals surface area contributed by atoms with Gasteiger partial charge in [0.25, 0.3) is 0 Å². The third-order valence-electron chi connectivity index (χ3n) is 6.07. The summed E-state index contributed by atoms with van der Waals surface area (Å²) in [6, 6.07) is 5.43. The van der Waals surface area contributed by atoms with Gasteiger partial charge in [-0.3, -0.25) is 14.4 Å². The molecule has 2 atom stereocenters. The van der Waals surface area contributed by atoms with Crippen LogP contribution in [0.4, 0.5) is 0 Å². The predicted molar refractivity (Wildman–Crippen MR) is 139 cm³/mol. The zero-order valence-electron chi connectivity index (χ0n) is 21.8. The van der Waals surface area contributed by atoms with Crippen LogP contribution in [0.1, 0.15) is 52.0 Å². The van der Waals surface area contributed by atoms with Crippen LogP contribution >= 0.6 is 11.8 Å². The summed E-state index contributed by atoms with van der Waals surface area (Å²) in [6.45, 7) is 5.81. The second-order valence-corrected chi connectivity index (χ2v) is 11.0. The maximum absolute atomic E-state index is 13.6. The summed E-state index contributed by atoms with van der Waals surface area (Å²) in [7, 11) is 3.58. The van der Waals surface area contributed by atoms with Gasteiger partial charge in [-0.25, -0.2) is 4.79 Å². The molecule has 0 unspecified atom stereocenters. The second-order valence-electron chi connectivity index (χ2n) is 9.82. The third-order valence-corrected chi connectivity index (χ3v) is 7.48. The maximum atomic E-state index is 13.6. The van der Waals surface area contributed by atoms with Crippen molar-refractivity contribution in [1.82, 2.24) is 15.5 Å². The van der Waals surface area contributed by atoms with Gasteiger partial charge in [0, 0.05) is 6.42 Å². The highest BCUT2D eigenvalue weighted by molar-refractivity contribution is 8.14. The fraction of sp³-hybridized carbons (Fsp3) is 0.615. The van der Waals surface area contributed by atoms with Gasteiger partial charge in [-0.05, 0) is 57.5 Å². The number of nitrogens with one attached hydrogen (secondary N) is 2. The van der Waals surface area contributed by atoms with Gasteiger partial charge in [0.05, 0.1) is 18.4 Å². The molecule has 200 valence electrons. The molecule has 0 radical (unpaired) electrons. The lowest BCUT2D eigenvalue weighted by atomic mass is 9.94. The summed E-state index contributed by atoms with van der Waals surface area (Å²) < 4.78 is 5.19. The highest BCUT2D eigenvalue weighted by Crippen LogP contribution is 2.32. The average molecular weight is 522 g/mol. The van der Waals surface area contributed by atoms with Crippen molar-refractivity contribution in [2.45, 2.75) is 69.7 Å². The van der Waals surface area contributed by atoms with Crippen LogP contribution in [0.25, 0.3) is 0 Å². The fourth-order valence-corrected chi connectivity index (χ4v) is 5.28. The van der Waals surface area contributed by atoms with Crippen molar-refractivity contribution in [3.63, 3.8) is 0 Å². The molecule has 1 aromatic carbocycles. The Bertz CT molecular complexity index is 913. The number of rotatable bonds is 12. The molecule has 10 heteroatoms. The quantitative estimate of drug-likeness (QED) is 0.358. The standard InChI is InChI=1S/C26H39N3O6S/c1-6-35-24(33)20(15-18-9-11-19(30)12-10-18)27-25(34)26(13-7-8-14-26)28-23(32)22(17(2)3)36-21(31)16-29(4)5/h9-12,17,20,22,30H,6-8,13-16H2,1-5H3,(H,27,34)(H,28,32)/t20-,22+/m0/s1.